The standard InChI is InChI=1S/C29H39ClN4O3/c1-29(2,3)20-34(17-13-26(31)36,16-12-21-5-4-6-23(30)19-21)18-15-32-14-11-22-7-9-25(35)28-24(22)8-10-27(37)33-28/h4-10,19,32H,11-18,20H2,1-3H3,(H3-,31,33,35,36,37)/p+1. The first kappa shape index (κ1) is 28.7. The van der Waals surface area contributed by atoms with Gasteiger partial charge in [-0.1, -0.05) is 50.6 Å². The largest absolute Gasteiger partial charge is 0.506 e. The molecule has 2 aromatic carbocycles. The Kier molecular flexibility index (Phi) is 9.76. The Morgan fingerprint density at radius 1 is 1.05 bits per heavy atom. The third kappa shape index (κ3) is 8.88. The molecule has 0 aliphatic heterocycles. The molecule has 0 saturated heterocycles. The van der Waals surface area contributed by atoms with E-state index in [0.29, 0.717) is 18.5 Å². The number of hydrogen-bond acceptors (Lipinski definition) is 4. The van der Waals surface area contributed by atoms with Gasteiger partial charge in [0.25, 0.3) is 0 Å². The average Bonchev–Trinajstić information content (AvgIpc) is 2.82. The lowest BCUT2D eigenvalue weighted by molar-refractivity contribution is -0.931. The smallest absolute Gasteiger partial charge is 0.248 e. The first-order valence-corrected chi connectivity index (χ1v) is 13.3. The molecule has 1 amide bonds. The number of halogens is 1. The summed E-state index contributed by atoms with van der Waals surface area (Å²) in [6.45, 7) is 11.6. The monoisotopic (exact) mass is 527 g/mol. The minimum atomic E-state index is -0.274. The molecule has 1 aromatic heterocycles. The van der Waals surface area contributed by atoms with Gasteiger partial charge in [0.05, 0.1) is 38.1 Å². The van der Waals surface area contributed by atoms with Crippen LogP contribution in [-0.2, 0) is 17.6 Å². The number of aromatic nitrogens is 1. The van der Waals surface area contributed by atoms with E-state index in [2.05, 4.69) is 37.1 Å². The third-order valence-corrected chi connectivity index (χ3v) is 6.94. The molecule has 5 N–H and O–H groups in total. The maximum absolute atomic E-state index is 11.8. The first-order valence-electron chi connectivity index (χ1n) is 12.9. The topological polar surface area (TPSA) is 108 Å². The number of aromatic hydroxyl groups is 1. The highest BCUT2D eigenvalue weighted by atomic mass is 35.5. The highest BCUT2D eigenvalue weighted by Crippen LogP contribution is 2.25. The normalized spacial score (nSPS) is 13.5. The van der Waals surface area contributed by atoms with Gasteiger partial charge in [0.15, 0.2) is 0 Å². The van der Waals surface area contributed by atoms with E-state index in [0.717, 1.165) is 66.0 Å². The molecule has 7 nitrogen and oxygen atoms in total. The molecule has 37 heavy (non-hydrogen) atoms. The molecule has 8 heteroatoms. The van der Waals surface area contributed by atoms with Crippen molar-refractivity contribution in [1.82, 2.24) is 10.3 Å². The molecule has 1 unspecified atom stereocenters. The number of carbonyl (C=O) groups excluding carboxylic acids is 1. The van der Waals surface area contributed by atoms with Gasteiger partial charge < -0.3 is 25.6 Å². The van der Waals surface area contributed by atoms with E-state index in [-0.39, 0.29) is 22.6 Å². The minimum Gasteiger partial charge on any atom is -0.506 e. The number of nitrogens with one attached hydrogen (secondary N) is 2. The zero-order valence-electron chi connectivity index (χ0n) is 22.1. The van der Waals surface area contributed by atoms with Crippen molar-refractivity contribution in [2.24, 2.45) is 11.1 Å². The molecule has 1 heterocycles. The Morgan fingerprint density at radius 2 is 1.84 bits per heavy atom. The van der Waals surface area contributed by atoms with Crippen LogP contribution < -0.4 is 16.6 Å². The summed E-state index contributed by atoms with van der Waals surface area (Å²) in [6, 6.07) is 14.7. The van der Waals surface area contributed by atoms with Crippen LogP contribution in [0.4, 0.5) is 0 Å². The molecule has 3 aromatic rings. The first-order chi connectivity index (χ1) is 17.5. The number of benzene rings is 2. The van der Waals surface area contributed by atoms with Crippen molar-refractivity contribution >= 4 is 28.4 Å². The number of fused-ring (bicyclic) bond motifs is 1. The molecule has 0 saturated carbocycles. The Balaban J connectivity index is 1.68. The predicted molar refractivity (Wildman–Crippen MR) is 151 cm³/mol. The molecule has 0 spiro atoms. The molecule has 3 rings (SSSR count). The van der Waals surface area contributed by atoms with Crippen molar-refractivity contribution in [2.45, 2.75) is 40.0 Å². The van der Waals surface area contributed by atoms with Gasteiger partial charge in [-0.05, 0) is 48.4 Å². The summed E-state index contributed by atoms with van der Waals surface area (Å²) in [5.74, 6) is -0.202. The van der Waals surface area contributed by atoms with Gasteiger partial charge in [-0.15, -0.1) is 0 Å². The van der Waals surface area contributed by atoms with Crippen LogP contribution in [0.15, 0.2) is 53.3 Å². The average molecular weight is 528 g/mol. The fraction of sp³-hybridized carbons (Fsp3) is 0.448. The highest BCUT2D eigenvalue weighted by Gasteiger charge is 2.32. The Morgan fingerprint density at radius 3 is 2.54 bits per heavy atom. The predicted octanol–water partition coefficient (Wildman–Crippen LogP) is 4.00. The van der Waals surface area contributed by atoms with E-state index >= 15 is 0 Å². The fourth-order valence-corrected chi connectivity index (χ4v) is 5.38. The number of phenolic OH excluding ortho intramolecular Hbond substituents is 1. The molecular weight excluding hydrogens is 488 g/mol. The zero-order chi connectivity index (χ0) is 27.1. The van der Waals surface area contributed by atoms with E-state index in [1.54, 1.807) is 12.1 Å². The molecular formula is C29H40ClN4O3+. The summed E-state index contributed by atoms with van der Waals surface area (Å²) < 4.78 is 0.787. The highest BCUT2D eigenvalue weighted by molar-refractivity contribution is 6.30. The van der Waals surface area contributed by atoms with E-state index in [9.17, 15) is 14.7 Å². The van der Waals surface area contributed by atoms with E-state index in [4.69, 9.17) is 17.3 Å². The third-order valence-electron chi connectivity index (χ3n) is 6.70. The van der Waals surface area contributed by atoms with E-state index in [1.165, 1.54) is 11.6 Å². The Labute approximate surface area is 224 Å². The quantitative estimate of drug-likeness (QED) is 0.199. The maximum atomic E-state index is 11.8. The van der Waals surface area contributed by atoms with Crippen molar-refractivity contribution in [3.05, 3.63) is 75.0 Å². The van der Waals surface area contributed by atoms with Crippen molar-refractivity contribution in [3.63, 3.8) is 0 Å². The number of amides is 1. The van der Waals surface area contributed by atoms with Gasteiger partial charge in [0.1, 0.15) is 5.75 Å². The summed E-state index contributed by atoms with van der Waals surface area (Å²) in [5, 5.41) is 15.3. The Hall–Kier alpha value is -2.87. The molecule has 0 bridgehead atoms. The van der Waals surface area contributed by atoms with Crippen LogP contribution in [0.25, 0.3) is 10.9 Å². The van der Waals surface area contributed by atoms with Gasteiger partial charge in [-0.2, -0.15) is 0 Å². The molecule has 0 aliphatic rings. The number of primary amides is 1. The summed E-state index contributed by atoms with van der Waals surface area (Å²) >= 11 is 6.22. The Bertz CT molecular complexity index is 1270. The number of carbonyl (C=O) groups is 1. The van der Waals surface area contributed by atoms with Gasteiger partial charge in [-0.3, -0.25) is 9.59 Å². The van der Waals surface area contributed by atoms with Gasteiger partial charge in [-0.25, -0.2) is 0 Å². The lowest BCUT2D eigenvalue weighted by Crippen LogP contribution is -2.57. The van der Waals surface area contributed by atoms with Gasteiger partial charge >= 0.3 is 0 Å². The molecule has 1 atom stereocenters. The van der Waals surface area contributed by atoms with Crippen LogP contribution in [0.2, 0.25) is 5.02 Å². The van der Waals surface area contributed by atoms with E-state index < -0.39 is 0 Å². The number of aromatic amines is 1. The number of quaternary nitrogens is 1. The SMILES string of the molecule is CC(C)(C)C[N+](CCNCCc1ccc(O)c2[nH]c(=O)ccc12)(CCC(N)=O)CCc1cccc(Cl)c1. The van der Waals surface area contributed by atoms with E-state index in [1.807, 2.05) is 24.3 Å². The summed E-state index contributed by atoms with van der Waals surface area (Å²) in [6.07, 6.45) is 1.97. The molecule has 0 aliphatic carbocycles. The number of nitrogens with zero attached hydrogens (tertiary/aromatic N) is 1. The summed E-state index contributed by atoms with van der Waals surface area (Å²) in [5.41, 5.74) is 8.13. The molecule has 200 valence electrons. The minimum absolute atomic E-state index is 0.0721. The maximum Gasteiger partial charge on any atom is 0.248 e. The number of phenols is 1. The van der Waals surface area contributed by atoms with Crippen LogP contribution in [0.3, 0.4) is 0 Å². The number of nitrogens with two attached hydrogens (primary N) is 1. The van der Waals surface area contributed by atoms with Crippen molar-refractivity contribution < 1.29 is 14.4 Å². The number of H-pyrrole nitrogens is 1. The number of rotatable bonds is 13. The van der Waals surface area contributed by atoms with Crippen molar-refractivity contribution in [3.8, 4) is 5.75 Å². The lowest BCUT2D eigenvalue weighted by atomic mass is 9.93. The molecule has 0 radical (unpaired) electrons. The second-order valence-electron chi connectivity index (χ2n) is 11.2. The van der Waals surface area contributed by atoms with Crippen molar-refractivity contribution in [2.75, 3.05) is 39.3 Å². The fourth-order valence-electron chi connectivity index (χ4n) is 5.16. The molecule has 0 fully saturated rings. The van der Waals surface area contributed by atoms with Crippen LogP contribution in [-0.4, -0.2) is 59.7 Å². The summed E-state index contributed by atoms with van der Waals surface area (Å²) in [7, 11) is 0. The lowest BCUT2D eigenvalue weighted by Gasteiger charge is -2.43. The van der Waals surface area contributed by atoms with Gasteiger partial charge in [0, 0.05) is 34.9 Å². The second-order valence-corrected chi connectivity index (χ2v) is 11.6. The van der Waals surface area contributed by atoms with Crippen LogP contribution in [0.5, 0.6) is 5.75 Å². The van der Waals surface area contributed by atoms with Crippen LogP contribution in [0.1, 0.15) is 38.3 Å². The van der Waals surface area contributed by atoms with Crippen molar-refractivity contribution in [1.29, 1.82) is 0 Å². The zero-order valence-corrected chi connectivity index (χ0v) is 22.9. The second kappa shape index (κ2) is 12.6. The van der Waals surface area contributed by atoms with Crippen LogP contribution >= 0.6 is 11.6 Å². The summed E-state index contributed by atoms with van der Waals surface area (Å²) in [4.78, 5) is 26.2. The number of hydrogen-bond donors (Lipinski definition) is 4. The van der Waals surface area contributed by atoms with Crippen LogP contribution in [0, 0.1) is 5.41 Å². The van der Waals surface area contributed by atoms with Gasteiger partial charge in [0.2, 0.25) is 11.5 Å². The number of pyridine rings is 1.